The quantitative estimate of drug-likeness (QED) is 0.392. The van der Waals surface area contributed by atoms with Gasteiger partial charge in [-0.3, -0.25) is 14.4 Å². The molecule has 0 saturated carbocycles. The molecule has 0 fully saturated rings. The number of amides is 2. The van der Waals surface area contributed by atoms with Gasteiger partial charge in [-0.15, -0.1) is 0 Å². The van der Waals surface area contributed by atoms with Crippen molar-refractivity contribution in [3.8, 4) is 0 Å². The Kier molecular flexibility index (Phi) is 6.89. The Bertz CT molecular complexity index is 1330. The molecule has 1 aliphatic heterocycles. The summed E-state index contributed by atoms with van der Waals surface area (Å²) < 4.78 is 0. The van der Waals surface area contributed by atoms with E-state index in [0.29, 0.717) is 28.4 Å². The summed E-state index contributed by atoms with van der Waals surface area (Å²) in [6, 6.07) is 20.0. The molecular formula is C27H24ClN3O4. The number of anilines is 3. The van der Waals surface area contributed by atoms with E-state index in [1.54, 1.807) is 30.1 Å². The minimum Gasteiger partial charge on any atom is -0.481 e. The van der Waals surface area contributed by atoms with E-state index >= 15 is 0 Å². The zero-order valence-corrected chi connectivity index (χ0v) is 20.0. The van der Waals surface area contributed by atoms with Crippen LogP contribution in [0.3, 0.4) is 0 Å². The summed E-state index contributed by atoms with van der Waals surface area (Å²) in [5.41, 5.74) is 5.57. The molecule has 0 bridgehead atoms. The Hall–Kier alpha value is -4.10. The number of halogens is 1. The van der Waals surface area contributed by atoms with Gasteiger partial charge >= 0.3 is 5.97 Å². The summed E-state index contributed by atoms with van der Waals surface area (Å²) >= 11 is 6.12. The number of fused-ring (bicyclic) bond motifs is 1. The van der Waals surface area contributed by atoms with E-state index in [1.807, 2.05) is 48.5 Å². The highest BCUT2D eigenvalue weighted by Gasteiger charge is 2.28. The van der Waals surface area contributed by atoms with Gasteiger partial charge in [0.1, 0.15) is 0 Å². The summed E-state index contributed by atoms with van der Waals surface area (Å²) in [6.07, 6.45) is 0.463. The lowest BCUT2D eigenvalue weighted by Crippen LogP contribution is -2.22. The Morgan fingerprint density at radius 1 is 1.03 bits per heavy atom. The molecule has 0 spiro atoms. The second-order valence-electron chi connectivity index (χ2n) is 8.23. The van der Waals surface area contributed by atoms with E-state index in [0.717, 1.165) is 28.1 Å². The van der Waals surface area contributed by atoms with Crippen LogP contribution in [0.1, 0.15) is 30.0 Å². The van der Waals surface area contributed by atoms with E-state index in [1.165, 1.54) is 6.92 Å². The highest BCUT2D eigenvalue weighted by molar-refractivity contribution is 6.38. The van der Waals surface area contributed by atoms with Crippen LogP contribution in [-0.4, -0.2) is 29.9 Å². The SMILES string of the molecule is CC(=O)N(C)c1ccc(NC(=C2C(=O)Nc3cc(Cl)ccc32)c2ccc(CCC(=O)O)cc2)cc1. The Balaban J connectivity index is 1.75. The second-order valence-corrected chi connectivity index (χ2v) is 8.67. The molecule has 0 aliphatic carbocycles. The monoisotopic (exact) mass is 489 g/mol. The lowest BCUT2D eigenvalue weighted by Gasteiger charge is -2.18. The van der Waals surface area contributed by atoms with E-state index in [4.69, 9.17) is 16.7 Å². The molecule has 3 aromatic rings. The molecule has 1 aliphatic rings. The van der Waals surface area contributed by atoms with Crippen LogP contribution in [-0.2, 0) is 20.8 Å². The van der Waals surface area contributed by atoms with Crippen molar-refractivity contribution < 1.29 is 19.5 Å². The smallest absolute Gasteiger partial charge is 0.303 e. The van der Waals surface area contributed by atoms with Gasteiger partial charge in [-0.05, 0) is 53.9 Å². The Morgan fingerprint density at radius 3 is 2.34 bits per heavy atom. The van der Waals surface area contributed by atoms with Crippen molar-refractivity contribution in [3.05, 3.63) is 88.4 Å². The van der Waals surface area contributed by atoms with Gasteiger partial charge in [0.05, 0.1) is 17.0 Å². The van der Waals surface area contributed by atoms with Crippen LogP contribution in [0.4, 0.5) is 17.1 Å². The van der Waals surface area contributed by atoms with Gasteiger partial charge in [0.15, 0.2) is 0 Å². The molecule has 0 radical (unpaired) electrons. The topological polar surface area (TPSA) is 98.7 Å². The fraction of sp³-hybridized carbons (Fsp3) is 0.148. The number of carbonyl (C=O) groups excluding carboxylic acids is 2. The van der Waals surface area contributed by atoms with Gasteiger partial charge in [-0.1, -0.05) is 41.9 Å². The van der Waals surface area contributed by atoms with Crippen molar-refractivity contribution in [1.82, 2.24) is 0 Å². The van der Waals surface area contributed by atoms with Crippen LogP contribution in [0.25, 0.3) is 11.3 Å². The summed E-state index contributed by atoms with van der Waals surface area (Å²) in [4.78, 5) is 37.2. The molecule has 0 unspecified atom stereocenters. The number of nitrogens with zero attached hydrogens (tertiary/aromatic N) is 1. The van der Waals surface area contributed by atoms with Gasteiger partial charge in [-0.2, -0.15) is 0 Å². The van der Waals surface area contributed by atoms with Crippen LogP contribution in [0.2, 0.25) is 5.02 Å². The third kappa shape index (κ3) is 5.36. The first kappa shape index (κ1) is 24.0. The lowest BCUT2D eigenvalue weighted by atomic mass is 9.98. The van der Waals surface area contributed by atoms with Crippen molar-refractivity contribution in [2.75, 3.05) is 22.6 Å². The molecule has 8 heteroatoms. The van der Waals surface area contributed by atoms with Crippen molar-refractivity contribution in [2.45, 2.75) is 19.8 Å². The molecule has 0 saturated heterocycles. The maximum Gasteiger partial charge on any atom is 0.303 e. The normalized spacial score (nSPS) is 13.6. The number of carboxylic acid groups (broad SMARTS) is 1. The molecule has 2 amide bonds. The summed E-state index contributed by atoms with van der Waals surface area (Å²) in [5.74, 6) is -1.18. The third-order valence-electron chi connectivity index (χ3n) is 5.84. The average molecular weight is 490 g/mol. The van der Waals surface area contributed by atoms with Crippen LogP contribution >= 0.6 is 11.6 Å². The molecule has 1 heterocycles. The number of benzene rings is 3. The van der Waals surface area contributed by atoms with Gasteiger partial charge < -0.3 is 20.6 Å². The van der Waals surface area contributed by atoms with Crippen molar-refractivity contribution in [2.24, 2.45) is 0 Å². The highest BCUT2D eigenvalue weighted by atomic mass is 35.5. The second kappa shape index (κ2) is 10.0. The van der Waals surface area contributed by atoms with Crippen LogP contribution in [0, 0.1) is 0 Å². The maximum atomic E-state index is 13.0. The minimum absolute atomic E-state index is 0.0448. The summed E-state index contributed by atoms with van der Waals surface area (Å²) in [5, 5.41) is 15.7. The predicted molar refractivity (Wildman–Crippen MR) is 138 cm³/mol. The van der Waals surface area contributed by atoms with Crippen LogP contribution in [0.15, 0.2) is 66.7 Å². The first-order chi connectivity index (χ1) is 16.7. The molecule has 178 valence electrons. The number of nitrogens with one attached hydrogen (secondary N) is 2. The molecule has 3 aromatic carbocycles. The van der Waals surface area contributed by atoms with Gasteiger partial charge in [0.25, 0.3) is 5.91 Å². The fourth-order valence-electron chi connectivity index (χ4n) is 3.86. The van der Waals surface area contributed by atoms with Crippen LogP contribution in [0.5, 0.6) is 0 Å². The maximum absolute atomic E-state index is 13.0. The molecule has 3 N–H and O–H groups in total. The number of hydrogen-bond acceptors (Lipinski definition) is 4. The Labute approximate surface area is 208 Å². The van der Waals surface area contributed by atoms with Crippen LogP contribution < -0.4 is 15.5 Å². The van der Waals surface area contributed by atoms with Gasteiger partial charge in [0, 0.05) is 42.4 Å². The zero-order chi connectivity index (χ0) is 25.1. The standard InChI is InChI=1S/C27H24ClN3O4/c1-16(32)31(2)21-11-9-20(10-12-21)29-26(18-6-3-17(4-7-18)5-14-24(33)34)25-22-13-8-19(28)15-23(22)30-27(25)35/h3-4,6-13,15,29H,5,14H2,1-2H3,(H,30,35)(H,33,34). The van der Waals surface area contributed by atoms with Crippen molar-refractivity contribution in [3.63, 3.8) is 0 Å². The average Bonchev–Trinajstić information content (AvgIpc) is 3.16. The van der Waals surface area contributed by atoms with E-state index in [-0.39, 0.29) is 18.2 Å². The van der Waals surface area contributed by atoms with Crippen molar-refractivity contribution in [1.29, 1.82) is 0 Å². The summed E-state index contributed by atoms with van der Waals surface area (Å²) in [6.45, 7) is 1.50. The molecule has 7 nitrogen and oxygen atoms in total. The van der Waals surface area contributed by atoms with E-state index in [9.17, 15) is 14.4 Å². The van der Waals surface area contributed by atoms with E-state index < -0.39 is 5.97 Å². The predicted octanol–water partition coefficient (Wildman–Crippen LogP) is 5.27. The molecular weight excluding hydrogens is 466 g/mol. The molecule has 4 rings (SSSR count). The number of rotatable bonds is 7. The molecule has 35 heavy (non-hydrogen) atoms. The fourth-order valence-corrected chi connectivity index (χ4v) is 4.03. The number of carboxylic acids is 1. The minimum atomic E-state index is -0.852. The molecule has 0 atom stereocenters. The number of carbonyl (C=O) groups is 3. The third-order valence-corrected chi connectivity index (χ3v) is 6.08. The number of aryl methyl sites for hydroxylation is 1. The van der Waals surface area contributed by atoms with Gasteiger partial charge in [-0.25, -0.2) is 0 Å². The number of aliphatic carboxylic acids is 1. The first-order valence-electron chi connectivity index (χ1n) is 11.0. The van der Waals surface area contributed by atoms with E-state index in [2.05, 4.69) is 10.6 Å². The first-order valence-corrected chi connectivity index (χ1v) is 11.4. The Morgan fingerprint density at radius 2 is 1.71 bits per heavy atom. The zero-order valence-electron chi connectivity index (χ0n) is 19.3. The van der Waals surface area contributed by atoms with Gasteiger partial charge in [0.2, 0.25) is 5.91 Å². The lowest BCUT2D eigenvalue weighted by molar-refractivity contribution is -0.137. The van der Waals surface area contributed by atoms with Crippen molar-refractivity contribution >= 4 is 57.7 Å². The highest BCUT2D eigenvalue weighted by Crippen LogP contribution is 2.39. The number of hydrogen-bond donors (Lipinski definition) is 3. The summed E-state index contributed by atoms with van der Waals surface area (Å²) in [7, 11) is 1.70. The molecule has 0 aromatic heterocycles. The largest absolute Gasteiger partial charge is 0.481 e.